The number of rotatable bonds is 7. The first-order chi connectivity index (χ1) is 14.0. The van der Waals surface area contributed by atoms with Gasteiger partial charge in [0, 0.05) is 44.0 Å². The number of carbonyl (C=O) groups excluding carboxylic acids is 1. The lowest BCUT2D eigenvalue weighted by atomic mass is 10.1. The first-order valence-corrected chi connectivity index (χ1v) is 10.4. The summed E-state index contributed by atoms with van der Waals surface area (Å²) in [7, 11) is 0. The summed E-state index contributed by atoms with van der Waals surface area (Å²) in [5.74, 6) is 1.07. The molecule has 0 aliphatic carbocycles. The van der Waals surface area contributed by atoms with Crippen LogP contribution in [0, 0.1) is 5.92 Å². The fourth-order valence-electron chi connectivity index (χ4n) is 3.53. The van der Waals surface area contributed by atoms with Crippen LogP contribution in [-0.2, 0) is 17.9 Å². The van der Waals surface area contributed by atoms with Gasteiger partial charge in [-0.25, -0.2) is 4.99 Å². The monoisotopic (exact) mass is 524 g/mol. The zero-order valence-corrected chi connectivity index (χ0v) is 20.4. The number of carbonyl (C=O) groups is 1. The second kappa shape index (κ2) is 11.9. The number of nitrogens with one attached hydrogen (secondary N) is 2. The van der Waals surface area contributed by atoms with Crippen molar-refractivity contribution in [1.82, 2.24) is 25.3 Å². The van der Waals surface area contributed by atoms with Crippen molar-refractivity contribution in [3.8, 4) is 0 Å². The van der Waals surface area contributed by atoms with Crippen LogP contribution in [0.15, 0.2) is 47.7 Å². The van der Waals surface area contributed by atoms with Crippen molar-refractivity contribution in [2.75, 3.05) is 19.6 Å². The van der Waals surface area contributed by atoms with Crippen LogP contribution >= 0.6 is 24.0 Å². The Kier molecular flexibility index (Phi) is 9.61. The van der Waals surface area contributed by atoms with Gasteiger partial charge >= 0.3 is 0 Å². The number of benzene rings is 1. The van der Waals surface area contributed by atoms with E-state index in [0.717, 1.165) is 44.1 Å². The van der Waals surface area contributed by atoms with E-state index in [0.29, 0.717) is 6.54 Å². The van der Waals surface area contributed by atoms with E-state index in [9.17, 15) is 4.79 Å². The van der Waals surface area contributed by atoms with Gasteiger partial charge in [-0.2, -0.15) is 5.10 Å². The molecule has 2 N–H and O–H groups in total. The van der Waals surface area contributed by atoms with Crippen molar-refractivity contribution in [3.63, 3.8) is 0 Å². The van der Waals surface area contributed by atoms with E-state index in [1.165, 1.54) is 5.56 Å². The number of likely N-dealkylation sites (tertiary alicyclic amines) is 1. The molecule has 0 saturated carbocycles. The van der Waals surface area contributed by atoms with E-state index < -0.39 is 0 Å². The quantitative estimate of drug-likeness (QED) is 0.332. The van der Waals surface area contributed by atoms with Gasteiger partial charge in [0.2, 0.25) is 5.91 Å². The zero-order chi connectivity index (χ0) is 20.6. The Morgan fingerprint density at radius 3 is 2.80 bits per heavy atom. The Bertz CT molecular complexity index is 821. The number of hydrogen-bond donors (Lipinski definition) is 2. The predicted octanol–water partition coefficient (Wildman–Crippen LogP) is 2.86. The summed E-state index contributed by atoms with van der Waals surface area (Å²) in [6, 6.07) is 10.6. The highest BCUT2D eigenvalue weighted by Gasteiger charge is 2.27. The molecular formula is C22H33IN6O. The normalized spacial score (nSPS) is 16.5. The van der Waals surface area contributed by atoms with Gasteiger partial charge in [0.25, 0.3) is 0 Å². The van der Waals surface area contributed by atoms with Crippen LogP contribution in [0.3, 0.4) is 0 Å². The SMILES string of the molecule is CCNC(=NCc1cccc(Cn2cccn2)c1)NC1CCN(C(=O)C(C)C)C1.I. The molecule has 8 heteroatoms. The number of hydrogen-bond acceptors (Lipinski definition) is 3. The molecule has 0 radical (unpaired) electrons. The highest BCUT2D eigenvalue weighted by Crippen LogP contribution is 2.13. The molecule has 1 saturated heterocycles. The van der Waals surface area contributed by atoms with Gasteiger partial charge in [-0.3, -0.25) is 9.48 Å². The van der Waals surface area contributed by atoms with Crippen molar-refractivity contribution < 1.29 is 4.79 Å². The summed E-state index contributed by atoms with van der Waals surface area (Å²) < 4.78 is 1.91. The van der Waals surface area contributed by atoms with Gasteiger partial charge in [0.15, 0.2) is 5.96 Å². The molecule has 1 amide bonds. The molecule has 0 bridgehead atoms. The Balaban J connectivity index is 0.00000320. The minimum absolute atomic E-state index is 0. The van der Waals surface area contributed by atoms with E-state index in [1.54, 1.807) is 6.20 Å². The Labute approximate surface area is 196 Å². The van der Waals surface area contributed by atoms with Crippen LogP contribution in [0.1, 0.15) is 38.3 Å². The summed E-state index contributed by atoms with van der Waals surface area (Å²) in [5.41, 5.74) is 2.37. The van der Waals surface area contributed by atoms with Crippen LogP contribution in [0.25, 0.3) is 0 Å². The maximum atomic E-state index is 12.2. The third-order valence-corrected chi connectivity index (χ3v) is 4.99. The molecule has 1 aromatic heterocycles. The van der Waals surface area contributed by atoms with Gasteiger partial charge in [-0.1, -0.05) is 38.1 Å². The average molecular weight is 524 g/mol. The summed E-state index contributed by atoms with van der Waals surface area (Å²) in [4.78, 5) is 18.9. The van der Waals surface area contributed by atoms with Crippen molar-refractivity contribution >= 4 is 35.8 Å². The second-order valence-electron chi connectivity index (χ2n) is 7.79. The molecule has 3 rings (SSSR count). The van der Waals surface area contributed by atoms with E-state index in [4.69, 9.17) is 4.99 Å². The molecule has 1 atom stereocenters. The van der Waals surface area contributed by atoms with Gasteiger partial charge in [0.1, 0.15) is 0 Å². The minimum Gasteiger partial charge on any atom is -0.357 e. The number of halogens is 1. The number of amides is 1. The number of nitrogens with zero attached hydrogens (tertiary/aromatic N) is 4. The number of guanidine groups is 1. The summed E-state index contributed by atoms with van der Waals surface area (Å²) in [6.07, 6.45) is 4.70. The van der Waals surface area contributed by atoms with E-state index in [-0.39, 0.29) is 41.8 Å². The van der Waals surface area contributed by atoms with Crippen LogP contribution in [0.2, 0.25) is 0 Å². The van der Waals surface area contributed by atoms with Crippen LogP contribution < -0.4 is 10.6 Å². The number of aliphatic imine (C=N–C) groups is 1. The molecule has 1 aromatic carbocycles. The summed E-state index contributed by atoms with van der Waals surface area (Å²) in [6.45, 7) is 9.67. The van der Waals surface area contributed by atoms with Crippen molar-refractivity contribution in [2.45, 2.75) is 46.3 Å². The van der Waals surface area contributed by atoms with E-state index in [1.807, 2.05) is 35.7 Å². The molecule has 0 spiro atoms. The molecule has 2 aromatic rings. The minimum atomic E-state index is 0. The van der Waals surface area contributed by atoms with Gasteiger partial charge < -0.3 is 15.5 Å². The number of aromatic nitrogens is 2. The molecule has 164 valence electrons. The first kappa shape index (κ1) is 24.2. The summed E-state index contributed by atoms with van der Waals surface area (Å²) >= 11 is 0. The fraction of sp³-hybridized carbons (Fsp3) is 0.500. The third-order valence-electron chi connectivity index (χ3n) is 4.99. The lowest BCUT2D eigenvalue weighted by Gasteiger charge is -2.20. The molecule has 1 unspecified atom stereocenters. The fourth-order valence-corrected chi connectivity index (χ4v) is 3.53. The van der Waals surface area contributed by atoms with Crippen molar-refractivity contribution in [2.24, 2.45) is 10.9 Å². The predicted molar refractivity (Wildman–Crippen MR) is 131 cm³/mol. The maximum Gasteiger partial charge on any atom is 0.225 e. The first-order valence-electron chi connectivity index (χ1n) is 10.4. The van der Waals surface area contributed by atoms with Crippen molar-refractivity contribution in [1.29, 1.82) is 0 Å². The van der Waals surface area contributed by atoms with Crippen LogP contribution in [0.5, 0.6) is 0 Å². The lowest BCUT2D eigenvalue weighted by Crippen LogP contribution is -2.45. The Morgan fingerprint density at radius 2 is 2.10 bits per heavy atom. The largest absolute Gasteiger partial charge is 0.357 e. The molecule has 1 aliphatic heterocycles. The lowest BCUT2D eigenvalue weighted by molar-refractivity contribution is -0.133. The third kappa shape index (κ3) is 7.00. The molecular weight excluding hydrogens is 491 g/mol. The van der Waals surface area contributed by atoms with Crippen LogP contribution in [-0.4, -0.2) is 52.2 Å². The average Bonchev–Trinajstić information content (AvgIpc) is 3.38. The molecule has 2 heterocycles. The Hall–Kier alpha value is -2.10. The van der Waals surface area contributed by atoms with Gasteiger partial charge in [-0.05, 0) is 30.5 Å². The molecule has 1 fully saturated rings. The topological polar surface area (TPSA) is 74.6 Å². The van der Waals surface area contributed by atoms with E-state index >= 15 is 0 Å². The highest BCUT2D eigenvalue weighted by atomic mass is 127. The van der Waals surface area contributed by atoms with Gasteiger partial charge in [0.05, 0.1) is 13.1 Å². The smallest absolute Gasteiger partial charge is 0.225 e. The zero-order valence-electron chi connectivity index (χ0n) is 18.0. The standard InChI is InChI=1S/C22H32N6O.HI/c1-4-23-22(26-20-9-12-27(16-20)21(29)17(2)3)24-14-18-7-5-8-19(13-18)15-28-11-6-10-25-28;/h5-8,10-11,13,17,20H,4,9,12,14-16H2,1-3H3,(H2,23,24,26);1H. The van der Waals surface area contributed by atoms with E-state index in [2.05, 4.69) is 46.9 Å². The molecule has 7 nitrogen and oxygen atoms in total. The van der Waals surface area contributed by atoms with Gasteiger partial charge in [-0.15, -0.1) is 24.0 Å². The Morgan fingerprint density at radius 1 is 1.30 bits per heavy atom. The molecule has 30 heavy (non-hydrogen) atoms. The summed E-state index contributed by atoms with van der Waals surface area (Å²) in [5, 5.41) is 11.1. The van der Waals surface area contributed by atoms with Crippen LogP contribution in [0.4, 0.5) is 0 Å². The molecule has 1 aliphatic rings. The maximum absolute atomic E-state index is 12.2. The highest BCUT2D eigenvalue weighted by molar-refractivity contribution is 14.0. The second-order valence-corrected chi connectivity index (χ2v) is 7.79. The van der Waals surface area contributed by atoms with Crippen molar-refractivity contribution in [3.05, 3.63) is 53.9 Å².